The molecule has 0 fully saturated rings. The molecule has 2 rings (SSSR count). The average Bonchev–Trinajstić information content (AvgIpc) is 2.28. The third-order valence-electron chi connectivity index (χ3n) is 2.86. The zero-order valence-corrected chi connectivity index (χ0v) is 10.6. The van der Waals surface area contributed by atoms with Gasteiger partial charge in [0.05, 0.1) is 11.4 Å². The fourth-order valence-electron chi connectivity index (χ4n) is 1.77. The van der Waals surface area contributed by atoms with Gasteiger partial charge in [0.2, 0.25) is 0 Å². The van der Waals surface area contributed by atoms with E-state index >= 15 is 0 Å². The number of fused-ring (bicyclic) bond motifs is 1. The second-order valence-electron chi connectivity index (χ2n) is 4.86. The number of aromatic nitrogens is 3. The van der Waals surface area contributed by atoms with Gasteiger partial charge in [-0.3, -0.25) is 4.79 Å². The molecule has 4 nitrogen and oxygen atoms in total. The van der Waals surface area contributed by atoms with Crippen molar-refractivity contribution in [1.29, 1.82) is 0 Å². The first-order chi connectivity index (χ1) is 8.00. The zero-order chi connectivity index (χ0) is 12.6. The number of hydrogen-bond donors (Lipinski definition) is 0. The maximum Gasteiger partial charge on any atom is 0.277 e. The molecule has 0 bridgehead atoms. The predicted octanol–water partition coefficient (Wildman–Crippen LogP) is 2.50. The summed E-state index contributed by atoms with van der Waals surface area (Å²) in [5, 5.41) is 8.72. The summed E-state index contributed by atoms with van der Waals surface area (Å²) in [6.45, 7) is 8.07. The minimum atomic E-state index is -0.0692. The first-order valence-corrected chi connectivity index (χ1v) is 5.90. The Morgan fingerprint density at radius 2 is 1.88 bits per heavy atom. The standard InChI is InChI=1S/C13H17N3O/c1-8(2)10-5-6-11-12(7-10)14-15-16(9(3)4)13(11)17/h5-9H,1-4H3. The van der Waals surface area contributed by atoms with Crippen LogP contribution in [0.15, 0.2) is 23.0 Å². The third kappa shape index (κ3) is 2.07. The van der Waals surface area contributed by atoms with Gasteiger partial charge in [-0.2, -0.15) is 0 Å². The first-order valence-electron chi connectivity index (χ1n) is 5.90. The molecule has 1 aromatic carbocycles. The van der Waals surface area contributed by atoms with Gasteiger partial charge in [0.1, 0.15) is 5.52 Å². The van der Waals surface area contributed by atoms with Crippen molar-refractivity contribution >= 4 is 10.9 Å². The molecule has 2 aromatic rings. The summed E-state index contributed by atoms with van der Waals surface area (Å²) in [6.07, 6.45) is 0. The Balaban J connectivity index is 2.69. The molecule has 0 amide bonds. The molecular formula is C13H17N3O. The summed E-state index contributed by atoms with van der Waals surface area (Å²) in [7, 11) is 0. The smallest absolute Gasteiger partial charge is 0.267 e. The fourth-order valence-corrected chi connectivity index (χ4v) is 1.77. The molecular weight excluding hydrogens is 214 g/mol. The highest BCUT2D eigenvalue weighted by atomic mass is 16.1. The van der Waals surface area contributed by atoms with Crippen LogP contribution in [0.4, 0.5) is 0 Å². The highest BCUT2D eigenvalue weighted by Crippen LogP contribution is 2.17. The summed E-state index contributed by atoms with van der Waals surface area (Å²) in [5.41, 5.74) is 1.78. The Hall–Kier alpha value is -1.71. The van der Waals surface area contributed by atoms with Crippen LogP contribution in [0.5, 0.6) is 0 Å². The molecule has 0 unspecified atom stereocenters. The van der Waals surface area contributed by atoms with Crippen LogP contribution in [0.1, 0.15) is 45.2 Å². The molecule has 0 atom stereocenters. The van der Waals surface area contributed by atoms with Crippen LogP contribution < -0.4 is 5.56 Å². The van der Waals surface area contributed by atoms with E-state index in [-0.39, 0.29) is 11.6 Å². The minimum absolute atomic E-state index is 0.0316. The Bertz CT molecular complexity index is 599. The summed E-state index contributed by atoms with van der Waals surface area (Å²) < 4.78 is 1.41. The summed E-state index contributed by atoms with van der Waals surface area (Å²) in [4.78, 5) is 12.1. The normalized spacial score (nSPS) is 11.6. The van der Waals surface area contributed by atoms with Gasteiger partial charge in [0, 0.05) is 0 Å². The van der Waals surface area contributed by atoms with Gasteiger partial charge in [0.25, 0.3) is 5.56 Å². The quantitative estimate of drug-likeness (QED) is 0.797. The highest BCUT2D eigenvalue weighted by Gasteiger charge is 2.09. The van der Waals surface area contributed by atoms with Crippen LogP contribution in [0.25, 0.3) is 10.9 Å². The van der Waals surface area contributed by atoms with Crippen molar-refractivity contribution in [3.05, 3.63) is 34.1 Å². The zero-order valence-electron chi connectivity index (χ0n) is 10.6. The summed E-state index contributed by atoms with van der Waals surface area (Å²) in [5.74, 6) is 0.425. The van der Waals surface area contributed by atoms with Crippen molar-refractivity contribution in [2.24, 2.45) is 0 Å². The molecule has 0 radical (unpaired) electrons. The highest BCUT2D eigenvalue weighted by molar-refractivity contribution is 5.77. The van der Waals surface area contributed by atoms with Gasteiger partial charge in [-0.25, -0.2) is 4.68 Å². The monoisotopic (exact) mass is 231 g/mol. The first kappa shape index (κ1) is 11.8. The van der Waals surface area contributed by atoms with Crippen LogP contribution in [-0.2, 0) is 0 Å². The molecule has 0 saturated carbocycles. The number of rotatable bonds is 2. The van der Waals surface area contributed by atoms with E-state index in [1.807, 2.05) is 32.0 Å². The molecule has 0 aliphatic rings. The molecule has 0 aliphatic carbocycles. The molecule has 0 spiro atoms. The van der Waals surface area contributed by atoms with Crippen LogP contribution in [0.3, 0.4) is 0 Å². The molecule has 4 heteroatoms. The maximum absolute atomic E-state index is 12.1. The second kappa shape index (κ2) is 4.28. The molecule has 0 aliphatic heterocycles. The average molecular weight is 231 g/mol. The Labute approximate surface area is 100 Å². The SMILES string of the molecule is CC(C)c1ccc2c(=O)n(C(C)C)nnc2c1. The van der Waals surface area contributed by atoms with E-state index in [0.29, 0.717) is 16.8 Å². The van der Waals surface area contributed by atoms with Crippen LogP contribution >= 0.6 is 0 Å². The van der Waals surface area contributed by atoms with Crippen molar-refractivity contribution in [2.45, 2.75) is 39.7 Å². The van der Waals surface area contributed by atoms with E-state index < -0.39 is 0 Å². The van der Waals surface area contributed by atoms with E-state index in [1.165, 1.54) is 10.2 Å². The predicted molar refractivity (Wildman–Crippen MR) is 68.3 cm³/mol. The van der Waals surface area contributed by atoms with Gasteiger partial charge in [0.15, 0.2) is 0 Å². The lowest BCUT2D eigenvalue weighted by atomic mass is 10.0. The van der Waals surface area contributed by atoms with Crippen molar-refractivity contribution < 1.29 is 0 Å². The Kier molecular flexibility index (Phi) is 2.96. The molecule has 17 heavy (non-hydrogen) atoms. The van der Waals surface area contributed by atoms with E-state index in [1.54, 1.807) is 0 Å². The minimum Gasteiger partial charge on any atom is -0.267 e. The number of nitrogens with zero attached hydrogens (tertiary/aromatic N) is 3. The third-order valence-corrected chi connectivity index (χ3v) is 2.86. The van der Waals surface area contributed by atoms with Gasteiger partial charge in [-0.15, -0.1) is 5.10 Å². The van der Waals surface area contributed by atoms with Gasteiger partial charge in [-0.1, -0.05) is 25.1 Å². The van der Waals surface area contributed by atoms with Crippen molar-refractivity contribution in [1.82, 2.24) is 15.0 Å². The van der Waals surface area contributed by atoms with E-state index in [9.17, 15) is 4.79 Å². The van der Waals surface area contributed by atoms with Gasteiger partial charge >= 0.3 is 0 Å². The largest absolute Gasteiger partial charge is 0.277 e. The number of benzene rings is 1. The van der Waals surface area contributed by atoms with Gasteiger partial charge < -0.3 is 0 Å². The lowest BCUT2D eigenvalue weighted by Crippen LogP contribution is -2.25. The van der Waals surface area contributed by atoms with Gasteiger partial charge in [-0.05, 0) is 37.5 Å². The van der Waals surface area contributed by atoms with Crippen molar-refractivity contribution in [3.63, 3.8) is 0 Å². The summed E-state index contributed by atoms with van der Waals surface area (Å²) in [6, 6.07) is 5.81. The maximum atomic E-state index is 12.1. The van der Waals surface area contributed by atoms with Crippen LogP contribution in [-0.4, -0.2) is 15.0 Å². The van der Waals surface area contributed by atoms with E-state index in [4.69, 9.17) is 0 Å². The molecule has 1 aromatic heterocycles. The van der Waals surface area contributed by atoms with Crippen LogP contribution in [0, 0.1) is 0 Å². The molecule has 0 saturated heterocycles. The summed E-state index contributed by atoms with van der Waals surface area (Å²) >= 11 is 0. The van der Waals surface area contributed by atoms with E-state index in [2.05, 4.69) is 24.2 Å². The molecule has 90 valence electrons. The Morgan fingerprint density at radius 1 is 1.18 bits per heavy atom. The van der Waals surface area contributed by atoms with E-state index in [0.717, 1.165) is 0 Å². The topological polar surface area (TPSA) is 47.8 Å². The lowest BCUT2D eigenvalue weighted by Gasteiger charge is -2.09. The fraction of sp³-hybridized carbons (Fsp3) is 0.462. The number of hydrogen-bond acceptors (Lipinski definition) is 3. The van der Waals surface area contributed by atoms with Crippen molar-refractivity contribution in [3.8, 4) is 0 Å². The van der Waals surface area contributed by atoms with Crippen LogP contribution in [0.2, 0.25) is 0 Å². The second-order valence-corrected chi connectivity index (χ2v) is 4.86. The Morgan fingerprint density at radius 3 is 2.47 bits per heavy atom. The molecule has 0 N–H and O–H groups in total. The van der Waals surface area contributed by atoms with Crippen molar-refractivity contribution in [2.75, 3.05) is 0 Å². The molecule has 1 heterocycles. The lowest BCUT2D eigenvalue weighted by molar-refractivity contribution is 0.481.